The smallest absolute Gasteiger partial charge is 0.292 e. The zero-order valence-corrected chi connectivity index (χ0v) is 37.0. The third-order valence-corrected chi connectivity index (χ3v) is 9.98. The lowest BCUT2D eigenvalue weighted by Gasteiger charge is -2.10. The van der Waals surface area contributed by atoms with Crippen LogP contribution in [0, 0.1) is 0 Å². The highest BCUT2D eigenvalue weighted by atomic mass is 16.2. The maximum Gasteiger partial charge on any atom is 0.292 e. The van der Waals surface area contributed by atoms with Gasteiger partial charge in [0.2, 0.25) is 11.7 Å². The Labute approximate surface area is 372 Å². The van der Waals surface area contributed by atoms with Crippen LogP contribution in [0.5, 0.6) is 0 Å². The molecule has 8 N–H and O–H groups in total. The van der Waals surface area contributed by atoms with Crippen LogP contribution in [0.4, 0.5) is 28.7 Å². The number of hydrogen-bond donors (Lipinski definition) is 8. The Bertz CT molecular complexity index is 2740. The predicted molar refractivity (Wildman–Crippen MR) is 241 cm³/mol. The summed E-state index contributed by atoms with van der Waals surface area (Å²) in [6.45, 7) is 1.50. The molecule has 0 radical (unpaired) electrons. The maximum absolute atomic E-state index is 13.3. The first-order valence-corrected chi connectivity index (χ1v) is 20.4. The van der Waals surface area contributed by atoms with Gasteiger partial charge in [0.1, 0.15) is 28.6 Å². The number of imidazole rings is 2. The minimum atomic E-state index is -0.610. The summed E-state index contributed by atoms with van der Waals surface area (Å²) >= 11 is 0. The number of rotatable bonds is 19. The van der Waals surface area contributed by atoms with E-state index in [9.17, 15) is 33.6 Å². The minimum Gasteiger partial charge on any atom is -0.351 e. The van der Waals surface area contributed by atoms with Gasteiger partial charge in [0.15, 0.2) is 11.6 Å². The summed E-state index contributed by atoms with van der Waals surface area (Å²) in [5.74, 6) is -2.83. The van der Waals surface area contributed by atoms with Crippen LogP contribution in [0.25, 0.3) is 0 Å². The van der Waals surface area contributed by atoms with Crippen molar-refractivity contribution in [3.63, 3.8) is 0 Å². The number of carbonyl (C=O) groups excluding carboxylic acids is 7. The number of carbonyl (C=O) groups is 7. The van der Waals surface area contributed by atoms with Crippen molar-refractivity contribution in [3.05, 3.63) is 102 Å². The van der Waals surface area contributed by atoms with Gasteiger partial charge in [-0.25, -0.2) is 9.97 Å². The van der Waals surface area contributed by atoms with Crippen LogP contribution in [0.3, 0.4) is 0 Å². The quantitative estimate of drug-likeness (QED) is 0.0550. The molecule has 65 heavy (non-hydrogen) atoms. The number of aryl methyl sites for hydroxylation is 5. The second-order valence-corrected chi connectivity index (χ2v) is 15.5. The largest absolute Gasteiger partial charge is 0.351 e. The minimum absolute atomic E-state index is 0.000350. The van der Waals surface area contributed by atoms with Gasteiger partial charge < -0.3 is 69.9 Å². The van der Waals surface area contributed by atoms with Crippen LogP contribution >= 0.6 is 0 Å². The second-order valence-electron chi connectivity index (χ2n) is 15.5. The van der Waals surface area contributed by atoms with Crippen LogP contribution < -0.4 is 37.2 Å². The number of anilines is 5. The lowest BCUT2D eigenvalue weighted by Crippen LogP contribution is -2.28. The fourth-order valence-electron chi connectivity index (χ4n) is 6.71. The molecule has 0 unspecified atom stereocenters. The summed E-state index contributed by atoms with van der Waals surface area (Å²) in [5.41, 5.74) is 2.50. The molecule has 0 saturated carbocycles. The molecular formula is C42H52N16O7. The van der Waals surface area contributed by atoms with E-state index in [1.54, 1.807) is 96.5 Å². The molecule has 23 nitrogen and oxygen atoms in total. The number of H-pyrrole nitrogens is 1. The standard InChI is InChI=1S/C42H52N16O7/c1-53(2)15-10-14-43-37(60)29-18-26(22-55(29)4)47-40(63)31-19-27(23-57(31)6)48-39(62)30-17-25(21-56(30)5)46-34(59)12-8-13-44-41(64)35-45-20-32(49-35)51-42(65)36-50-33(24-58(36)7)52-38(61)28-11-9-16-54(28)3/h9,11,16-24H,8,10,12-15H2,1-7H3,(H,43,60)(H,44,64)(H,45,49)(H,46,59)(H,47,63)(H,48,62)(H,51,65)(H,52,61). The highest BCUT2D eigenvalue weighted by Crippen LogP contribution is 2.20. The second kappa shape index (κ2) is 20.3. The van der Waals surface area contributed by atoms with Gasteiger partial charge in [0.05, 0.1) is 23.3 Å². The summed E-state index contributed by atoms with van der Waals surface area (Å²) in [6, 6.07) is 8.02. The SMILES string of the molecule is CN(C)CCCNC(=O)c1cc(NC(=O)c2cc(NC(=O)c3cc(NC(=O)CCCNC(=O)c4ncc(NC(=O)c5nc(NC(=O)c6cccn6C)cn5C)[nH]4)cn3C)cn2C)cn1C. The van der Waals surface area contributed by atoms with Crippen molar-refractivity contribution < 1.29 is 33.6 Å². The fraction of sp³-hybridized carbons (Fsp3) is 0.310. The number of nitrogens with zero attached hydrogens (tertiary/aromatic N) is 8. The van der Waals surface area contributed by atoms with Crippen molar-refractivity contribution in [2.24, 2.45) is 35.2 Å². The lowest BCUT2D eigenvalue weighted by molar-refractivity contribution is -0.116. The number of aromatic amines is 1. The first-order valence-electron chi connectivity index (χ1n) is 20.4. The Hall–Kier alpha value is -8.21. The Morgan fingerprint density at radius 2 is 1.15 bits per heavy atom. The van der Waals surface area contributed by atoms with Gasteiger partial charge in [-0.3, -0.25) is 33.6 Å². The summed E-state index contributed by atoms with van der Waals surface area (Å²) in [5, 5.41) is 19.2. The van der Waals surface area contributed by atoms with Crippen molar-refractivity contribution in [1.29, 1.82) is 0 Å². The molecule has 0 aromatic carbocycles. The number of aromatic nitrogens is 8. The molecule has 23 heteroatoms. The van der Waals surface area contributed by atoms with E-state index in [1.165, 1.54) is 29.1 Å². The van der Waals surface area contributed by atoms with E-state index in [0.29, 0.717) is 35.0 Å². The molecule has 0 fully saturated rings. The summed E-state index contributed by atoms with van der Waals surface area (Å²) in [4.78, 5) is 103. The first-order chi connectivity index (χ1) is 30.9. The lowest BCUT2D eigenvalue weighted by atomic mass is 10.3. The topological polar surface area (TPSA) is 273 Å². The van der Waals surface area contributed by atoms with Crippen LogP contribution in [0.1, 0.15) is 82.5 Å². The molecule has 0 saturated heterocycles. The highest BCUT2D eigenvalue weighted by Gasteiger charge is 2.21. The average molecular weight is 893 g/mol. The van der Waals surface area contributed by atoms with Gasteiger partial charge >= 0.3 is 0 Å². The number of hydrogen-bond acceptors (Lipinski definition) is 10. The summed E-state index contributed by atoms with van der Waals surface area (Å²) in [6.07, 6.45) is 10.5. The van der Waals surface area contributed by atoms with Crippen molar-refractivity contribution in [2.75, 3.05) is 60.3 Å². The van der Waals surface area contributed by atoms with Crippen molar-refractivity contribution >= 4 is 70.0 Å². The van der Waals surface area contributed by atoms with E-state index >= 15 is 0 Å². The number of nitrogens with one attached hydrogen (secondary N) is 8. The van der Waals surface area contributed by atoms with Gasteiger partial charge in [-0.05, 0) is 63.8 Å². The van der Waals surface area contributed by atoms with Crippen LogP contribution in [0.2, 0.25) is 0 Å². The van der Waals surface area contributed by atoms with Crippen LogP contribution in [-0.4, -0.2) is 118 Å². The summed E-state index contributed by atoms with van der Waals surface area (Å²) in [7, 11) is 12.3. The van der Waals surface area contributed by atoms with Gasteiger partial charge in [-0.1, -0.05) is 0 Å². The molecule has 0 aliphatic carbocycles. The Balaban J connectivity index is 0.919. The van der Waals surface area contributed by atoms with E-state index in [4.69, 9.17) is 0 Å². The molecule has 6 aromatic rings. The Morgan fingerprint density at radius 1 is 0.600 bits per heavy atom. The molecule has 0 bridgehead atoms. The molecule has 0 atom stereocenters. The zero-order chi connectivity index (χ0) is 46.9. The Morgan fingerprint density at radius 3 is 1.74 bits per heavy atom. The van der Waals surface area contributed by atoms with Crippen LogP contribution in [-0.2, 0) is 40.0 Å². The van der Waals surface area contributed by atoms with Gasteiger partial charge in [-0.2, -0.15) is 0 Å². The van der Waals surface area contributed by atoms with Gasteiger partial charge in [0, 0.05) is 85.7 Å². The van der Waals surface area contributed by atoms with E-state index in [-0.39, 0.29) is 71.8 Å². The number of amides is 7. The normalized spacial score (nSPS) is 11.0. The zero-order valence-electron chi connectivity index (χ0n) is 37.0. The molecule has 6 rings (SSSR count). The maximum atomic E-state index is 13.3. The van der Waals surface area contributed by atoms with Crippen molar-refractivity contribution in [3.8, 4) is 0 Å². The van der Waals surface area contributed by atoms with Gasteiger partial charge in [0.25, 0.3) is 35.4 Å². The third-order valence-electron chi connectivity index (χ3n) is 9.98. The average Bonchev–Trinajstić information content (AvgIpc) is 4.11. The molecule has 0 spiro atoms. The van der Waals surface area contributed by atoms with E-state index in [0.717, 1.165) is 13.0 Å². The molecule has 6 heterocycles. The summed E-state index contributed by atoms with van der Waals surface area (Å²) < 4.78 is 7.84. The molecule has 6 aromatic heterocycles. The molecule has 342 valence electrons. The van der Waals surface area contributed by atoms with Crippen molar-refractivity contribution in [1.82, 2.24) is 53.3 Å². The van der Waals surface area contributed by atoms with Gasteiger partial charge in [-0.15, -0.1) is 0 Å². The van der Waals surface area contributed by atoms with E-state index < -0.39 is 23.6 Å². The van der Waals surface area contributed by atoms with E-state index in [2.05, 4.69) is 52.2 Å². The molecule has 0 aliphatic rings. The molecular weight excluding hydrogens is 841 g/mol. The van der Waals surface area contributed by atoms with Crippen molar-refractivity contribution in [2.45, 2.75) is 19.3 Å². The van der Waals surface area contributed by atoms with E-state index in [1.807, 2.05) is 19.0 Å². The first kappa shape index (κ1) is 46.3. The highest BCUT2D eigenvalue weighted by molar-refractivity contribution is 6.08. The predicted octanol–water partition coefficient (Wildman–Crippen LogP) is 2.34. The molecule has 0 aliphatic heterocycles. The molecule has 7 amide bonds. The monoisotopic (exact) mass is 892 g/mol. The fourth-order valence-corrected chi connectivity index (χ4v) is 6.71. The third kappa shape index (κ3) is 11.8. The van der Waals surface area contributed by atoms with Crippen LogP contribution in [0.15, 0.2) is 67.5 Å². The Kier molecular flexibility index (Phi) is 14.5.